The normalized spacial score (nSPS) is 18.5. The lowest BCUT2D eigenvalue weighted by atomic mass is 9.91. The first-order chi connectivity index (χ1) is 12.5. The van der Waals surface area contributed by atoms with E-state index in [0.29, 0.717) is 35.7 Å². The third-order valence-corrected chi connectivity index (χ3v) is 4.70. The van der Waals surface area contributed by atoms with Crippen LogP contribution >= 0.6 is 0 Å². The van der Waals surface area contributed by atoms with Crippen molar-refractivity contribution in [3.63, 3.8) is 0 Å². The highest BCUT2D eigenvalue weighted by Gasteiger charge is 2.34. The molecule has 0 amide bonds. The first kappa shape index (κ1) is 18.3. The van der Waals surface area contributed by atoms with Gasteiger partial charge in [0, 0.05) is 18.1 Å². The largest absolute Gasteiger partial charge is 0.496 e. The minimum absolute atomic E-state index is 0.207. The van der Waals surface area contributed by atoms with Gasteiger partial charge in [-0.2, -0.15) is 0 Å². The molecule has 2 unspecified atom stereocenters. The first-order valence-electron chi connectivity index (χ1n) is 8.86. The third-order valence-electron chi connectivity index (χ3n) is 4.70. The molecule has 2 aromatic rings. The Morgan fingerprint density at radius 1 is 1.15 bits per heavy atom. The molecule has 4 nitrogen and oxygen atoms in total. The number of ether oxygens (including phenoxy) is 3. The number of hydrogen-bond acceptors (Lipinski definition) is 4. The van der Waals surface area contributed by atoms with Gasteiger partial charge in [-0.3, -0.25) is 0 Å². The van der Waals surface area contributed by atoms with Gasteiger partial charge in [0.1, 0.15) is 23.4 Å². The lowest BCUT2D eigenvalue weighted by Crippen LogP contribution is -2.21. The maximum Gasteiger partial charge on any atom is 0.136 e. The molecule has 2 aromatic carbocycles. The van der Waals surface area contributed by atoms with Gasteiger partial charge in [-0.15, -0.1) is 0 Å². The van der Waals surface area contributed by atoms with Crippen molar-refractivity contribution in [2.45, 2.75) is 38.9 Å². The summed E-state index contributed by atoms with van der Waals surface area (Å²) in [6, 6.07) is 11.8. The van der Waals surface area contributed by atoms with Crippen molar-refractivity contribution < 1.29 is 19.3 Å². The van der Waals surface area contributed by atoms with E-state index in [1.54, 1.807) is 14.2 Å². The minimum Gasteiger partial charge on any atom is -0.496 e. The van der Waals surface area contributed by atoms with E-state index in [1.165, 1.54) is 5.57 Å². The highest BCUT2D eigenvalue weighted by molar-refractivity contribution is 5.60. The second-order valence-corrected chi connectivity index (χ2v) is 6.76. The van der Waals surface area contributed by atoms with Gasteiger partial charge in [0.15, 0.2) is 0 Å². The monoisotopic (exact) mass is 354 g/mol. The second kappa shape index (κ2) is 7.83. The summed E-state index contributed by atoms with van der Waals surface area (Å²) >= 11 is 0. The van der Waals surface area contributed by atoms with Crippen LogP contribution in [0.4, 0.5) is 0 Å². The Morgan fingerprint density at radius 2 is 1.85 bits per heavy atom. The second-order valence-electron chi connectivity index (χ2n) is 6.76. The first-order valence-corrected chi connectivity index (χ1v) is 8.86. The van der Waals surface area contributed by atoms with E-state index in [4.69, 9.17) is 14.2 Å². The Labute approximate surface area is 155 Å². The molecule has 1 N–H and O–H groups in total. The molecule has 26 heavy (non-hydrogen) atoms. The maximum atomic E-state index is 10.9. The summed E-state index contributed by atoms with van der Waals surface area (Å²) in [5.74, 6) is 1.97. The number of benzene rings is 2. The van der Waals surface area contributed by atoms with Crippen LogP contribution in [0.15, 0.2) is 48.0 Å². The summed E-state index contributed by atoms with van der Waals surface area (Å²) in [4.78, 5) is 0. The zero-order chi connectivity index (χ0) is 18.7. The Kier molecular flexibility index (Phi) is 5.52. The maximum absolute atomic E-state index is 10.9. The van der Waals surface area contributed by atoms with E-state index in [1.807, 2.05) is 36.4 Å². The molecule has 0 saturated carbocycles. The molecule has 1 aliphatic rings. The van der Waals surface area contributed by atoms with E-state index < -0.39 is 6.10 Å². The predicted octanol–water partition coefficient (Wildman–Crippen LogP) is 4.77. The van der Waals surface area contributed by atoms with Crippen molar-refractivity contribution >= 4 is 0 Å². The van der Waals surface area contributed by atoms with Gasteiger partial charge < -0.3 is 19.3 Å². The van der Waals surface area contributed by atoms with Crippen LogP contribution in [0.25, 0.3) is 0 Å². The van der Waals surface area contributed by atoms with Crippen LogP contribution in [0.1, 0.15) is 49.2 Å². The van der Waals surface area contributed by atoms with Crippen LogP contribution in [0, 0.1) is 0 Å². The van der Waals surface area contributed by atoms with E-state index in [9.17, 15) is 5.11 Å². The molecule has 3 rings (SSSR count). The molecule has 1 heterocycles. The van der Waals surface area contributed by atoms with E-state index >= 15 is 0 Å². The van der Waals surface area contributed by atoms with Crippen LogP contribution in [-0.2, 0) is 6.42 Å². The van der Waals surface area contributed by atoms with Gasteiger partial charge in [0.25, 0.3) is 0 Å². The average molecular weight is 354 g/mol. The smallest absolute Gasteiger partial charge is 0.136 e. The summed E-state index contributed by atoms with van der Waals surface area (Å²) in [6.45, 7) is 4.12. The lowest BCUT2D eigenvalue weighted by molar-refractivity contribution is 0.0621. The molecule has 2 atom stereocenters. The summed E-state index contributed by atoms with van der Waals surface area (Å²) in [5, 5.41) is 10.9. The van der Waals surface area contributed by atoms with Gasteiger partial charge in [-0.05, 0) is 25.8 Å². The fourth-order valence-corrected chi connectivity index (χ4v) is 3.35. The van der Waals surface area contributed by atoms with Gasteiger partial charge in [-0.1, -0.05) is 42.0 Å². The molecular formula is C22H26O4. The van der Waals surface area contributed by atoms with Crippen LogP contribution in [0.3, 0.4) is 0 Å². The molecule has 0 saturated heterocycles. The van der Waals surface area contributed by atoms with Gasteiger partial charge in [0.05, 0.1) is 25.9 Å². The van der Waals surface area contributed by atoms with Crippen LogP contribution in [0.2, 0.25) is 0 Å². The van der Waals surface area contributed by atoms with Gasteiger partial charge in [-0.25, -0.2) is 0 Å². The molecule has 0 radical (unpaired) electrons. The average Bonchev–Trinajstić information content (AvgIpc) is 2.65. The van der Waals surface area contributed by atoms with Crippen molar-refractivity contribution in [1.29, 1.82) is 0 Å². The number of hydrogen-bond donors (Lipinski definition) is 1. The predicted molar refractivity (Wildman–Crippen MR) is 102 cm³/mol. The van der Waals surface area contributed by atoms with Crippen LogP contribution in [0.5, 0.6) is 17.2 Å². The highest BCUT2D eigenvalue weighted by Crippen LogP contribution is 2.50. The van der Waals surface area contributed by atoms with Crippen molar-refractivity contribution in [2.75, 3.05) is 14.2 Å². The Hall–Kier alpha value is -2.46. The Balaban J connectivity index is 2.12. The van der Waals surface area contributed by atoms with Gasteiger partial charge >= 0.3 is 0 Å². The van der Waals surface area contributed by atoms with Crippen molar-refractivity contribution in [2.24, 2.45) is 0 Å². The zero-order valence-corrected chi connectivity index (χ0v) is 15.8. The Bertz CT molecular complexity index is 792. The number of fused-ring (bicyclic) bond motifs is 1. The van der Waals surface area contributed by atoms with E-state index in [-0.39, 0.29) is 6.10 Å². The molecule has 0 aromatic heterocycles. The highest BCUT2D eigenvalue weighted by atomic mass is 16.5. The molecule has 0 fully saturated rings. The van der Waals surface area contributed by atoms with Crippen LogP contribution in [-0.4, -0.2) is 19.3 Å². The molecule has 0 spiro atoms. The number of rotatable bonds is 5. The fourth-order valence-electron chi connectivity index (χ4n) is 3.35. The lowest BCUT2D eigenvalue weighted by Gasteiger charge is -2.33. The number of aliphatic hydroxyl groups is 1. The number of methoxy groups -OCH3 is 2. The molecular weight excluding hydrogens is 328 g/mol. The topological polar surface area (TPSA) is 47.9 Å². The van der Waals surface area contributed by atoms with E-state index in [2.05, 4.69) is 19.9 Å². The fraction of sp³-hybridized carbons (Fsp3) is 0.364. The molecule has 0 bridgehead atoms. The number of aliphatic hydroxyl groups excluding tert-OH is 1. The SMILES string of the molecule is COc1cc(OC)c2c(c1CC=C(C)C)OC(c1ccccc1)CC2O. The third kappa shape index (κ3) is 3.56. The molecule has 138 valence electrons. The minimum atomic E-state index is -0.657. The van der Waals surface area contributed by atoms with Crippen molar-refractivity contribution in [3.05, 3.63) is 64.7 Å². The molecule has 4 heteroatoms. The van der Waals surface area contributed by atoms with Crippen molar-refractivity contribution in [1.82, 2.24) is 0 Å². The summed E-state index contributed by atoms with van der Waals surface area (Å²) in [7, 11) is 3.24. The summed E-state index contributed by atoms with van der Waals surface area (Å²) in [6.07, 6.45) is 2.43. The van der Waals surface area contributed by atoms with Crippen LogP contribution < -0.4 is 14.2 Å². The summed E-state index contributed by atoms with van der Waals surface area (Å²) < 4.78 is 17.5. The molecule has 0 aliphatic carbocycles. The zero-order valence-electron chi connectivity index (χ0n) is 15.8. The van der Waals surface area contributed by atoms with E-state index in [0.717, 1.165) is 11.1 Å². The molecule has 1 aliphatic heterocycles. The quantitative estimate of drug-likeness (QED) is 0.786. The Morgan fingerprint density at radius 3 is 2.46 bits per heavy atom. The number of allylic oxidation sites excluding steroid dienone is 2. The van der Waals surface area contributed by atoms with Gasteiger partial charge in [0.2, 0.25) is 0 Å². The standard InChI is InChI=1S/C22H26O4/c1-14(2)10-11-16-19(24-3)13-20(25-4)21-17(23)12-18(26-22(16)21)15-8-6-5-7-9-15/h5-10,13,17-18,23H,11-12H2,1-4H3. The van der Waals surface area contributed by atoms with Crippen molar-refractivity contribution in [3.8, 4) is 17.2 Å². The summed E-state index contributed by atoms with van der Waals surface area (Å²) in [5.41, 5.74) is 3.90.